The molecule has 3 N–H and O–H groups in total. The Labute approximate surface area is 176 Å². The van der Waals surface area contributed by atoms with Crippen LogP contribution in [0.2, 0.25) is 0 Å². The molecular formula is C21H25N5O3S. The molecule has 0 spiro atoms. The Morgan fingerprint density at radius 2 is 1.93 bits per heavy atom. The fourth-order valence-corrected chi connectivity index (χ4v) is 5.21. The van der Waals surface area contributed by atoms with Crippen LogP contribution in [0, 0.1) is 0 Å². The molecule has 0 aromatic heterocycles. The average molecular weight is 428 g/mol. The molecule has 2 amide bonds. The third-order valence-corrected chi connectivity index (χ3v) is 7.02. The van der Waals surface area contributed by atoms with Crippen molar-refractivity contribution in [2.24, 2.45) is 10.7 Å². The number of nitrogens with zero attached hydrogens (tertiary/aromatic N) is 3. The normalized spacial score (nSPS) is 18.5. The minimum Gasteiger partial charge on any atom is -0.369 e. The van der Waals surface area contributed by atoms with E-state index in [1.54, 1.807) is 17.0 Å². The molecule has 9 heteroatoms. The number of fused-ring (bicyclic) bond motifs is 1. The minimum absolute atomic E-state index is 0.0118. The molecule has 2 aromatic carbocycles. The van der Waals surface area contributed by atoms with E-state index in [9.17, 15) is 13.2 Å². The zero-order chi connectivity index (χ0) is 21.5. The van der Waals surface area contributed by atoms with Gasteiger partial charge in [-0.15, -0.1) is 0 Å². The molecule has 2 aliphatic rings. The molecule has 0 unspecified atom stereocenters. The van der Waals surface area contributed by atoms with Gasteiger partial charge >= 0.3 is 6.03 Å². The van der Waals surface area contributed by atoms with E-state index in [0.717, 1.165) is 21.1 Å². The van der Waals surface area contributed by atoms with Gasteiger partial charge < -0.3 is 11.1 Å². The van der Waals surface area contributed by atoms with Crippen molar-refractivity contribution < 1.29 is 13.2 Å². The van der Waals surface area contributed by atoms with Gasteiger partial charge in [-0.2, -0.15) is 0 Å². The van der Waals surface area contributed by atoms with Crippen LogP contribution in [0.25, 0.3) is 0 Å². The van der Waals surface area contributed by atoms with E-state index in [1.807, 2.05) is 44.2 Å². The van der Waals surface area contributed by atoms with Crippen LogP contribution >= 0.6 is 0 Å². The monoisotopic (exact) mass is 427 g/mol. The number of carbonyl (C=O) groups is 1. The van der Waals surface area contributed by atoms with Crippen molar-refractivity contribution in [3.8, 4) is 0 Å². The van der Waals surface area contributed by atoms with Crippen LogP contribution in [0.1, 0.15) is 31.0 Å². The third kappa shape index (κ3) is 3.60. The molecule has 0 saturated heterocycles. The van der Waals surface area contributed by atoms with Crippen molar-refractivity contribution in [1.29, 1.82) is 0 Å². The van der Waals surface area contributed by atoms with Gasteiger partial charge in [-0.1, -0.05) is 30.3 Å². The molecule has 0 fully saturated rings. The Morgan fingerprint density at radius 3 is 2.63 bits per heavy atom. The maximum Gasteiger partial charge on any atom is 0.322 e. The highest BCUT2D eigenvalue weighted by Gasteiger charge is 2.35. The molecule has 2 aliphatic heterocycles. The summed E-state index contributed by atoms with van der Waals surface area (Å²) in [5, 5.41) is 2.87. The standard InChI is InChI=1S/C21H25N5O3S/c1-14(2)23-21(27)25-11-10-16-12-17(8-9-19(16)25)30(28,29)26-13-18(24-20(26)22)15-6-4-3-5-7-15/h3-9,12,14,18H,10-11,13H2,1-2H3,(H2,22,24)(H,23,27)/t18-/m1/s1. The van der Waals surface area contributed by atoms with Crippen molar-refractivity contribution in [3.63, 3.8) is 0 Å². The minimum atomic E-state index is -3.85. The number of nitrogens with one attached hydrogen (secondary N) is 1. The second kappa shape index (κ2) is 7.64. The maximum atomic E-state index is 13.3. The van der Waals surface area contributed by atoms with Gasteiger partial charge in [0.05, 0.1) is 17.5 Å². The van der Waals surface area contributed by atoms with Gasteiger partial charge in [-0.3, -0.25) is 4.90 Å². The van der Waals surface area contributed by atoms with Gasteiger partial charge in [0.15, 0.2) is 0 Å². The van der Waals surface area contributed by atoms with Crippen molar-refractivity contribution in [2.75, 3.05) is 18.0 Å². The van der Waals surface area contributed by atoms with Crippen molar-refractivity contribution >= 4 is 27.7 Å². The summed E-state index contributed by atoms with van der Waals surface area (Å²) in [6, 6.07) is 13.9. The molecule has 4 rings (SSSR count). The number of aliphatic imine (C=N–C) groups is 1. The zero-order valence-corrected chi connectivity index (χ0v) is 17.8. The van der Waals surface area contributed by atoms with Gasteiger partial charge in [0.2, 0.25) is 5.96 Å². The predicted octanol–water partition coefficient (Wildman–Crippen LogP) is 2.23. The highest BCUT2D eigenvalue weighted by molar-refractivity contribution is 7.89. The molecule has 158 valence electrons. The first-order chi connectivity index (χ1) is 14.3. The molecule has 2 aromatic rings. The van der Waals surface area contributed by atoms with Crippen molar-refractivity contribution in [1.82, 2.24) is 9.62 Å². The lowest BCUT2D eigenvalue weighted by molar-refractivity contribution is 0.244. The highest BCUT2D eigenvalue weighted by Crippen LogP contribution is 2.33. The van der Waals surface area contributed by atoms with E-state index in [1.165, 1.54) is 6.07 Å². The zero-order valence-electron chi connectivity index (χ0n) is 16.9. The predicted molar refractivity (Wildman–Crippen MR) is 116 cm³/mol. The molecule has 0 saturated carbocycles. The molecule has 0 bridgehead atoms. The Hall–Kier alpha value is -3.07. The van der Waals surface area contributed by atoms with Crippen LogP contribution in [-0.4, -0.2) is 43.8 Å². The fourth-order valence-electron chi connectivity index (χ4n) is 3.79. The van der Waals surface area contributed by atoms with Crippen LogP contribution in [0.3, 0.4) is 0 Å². The Morgan fingerprint density at radius 1 is 1.20 bits per heavy atom. The van der Waals surface area contributed by atoms with E-state index in [4.69, 9.17) is 5.73 Å². The number of nitrogens with two attached hydrogens (primary N) is 1. The number of rotatable bonds is 4. The second-order valence-corrected chi connectivity index (χ2v) is 9.61. The van der Waals surface area contributed by atoms with Crippen LogP contribution in [-0.2, 0) is 16.4 Å². The summed E-state index contributed by atoms with van der Waals surface area (Å²) in [5.41, 5.74) is 8.46. The van der Waals surface area contributed by atoms with E-state index < -0.39 is 10.0 Å². The first-order valence-electron chi connectivity index (χ1n) is 9.89. The summed E-state index contributed by atoms with van der Waals surface area (Å²) in [4.78, 5) is 18.5. The number of sulfonamides is 1. The highest BCUT2D eigenvalue weighted by atomic mass is 32.2. The Bertz CT molecular complexity index is 1100. The molecule has 1 atom stereocenters. The summed E-state index contributed by atoms with van der Waals surface area (Å²) < 4.78 is 27.7. The van der Waals surface area contributed by atoms with E-state index >= 15 is 0 Å². The Kier molecular flexibility index (Phi) is 5.15. The summed E-state index contributed by atoms with van der Waals surface area (Å²) in [5.74, 6) is -0.0118. The fraction of sp³-hybridized carbons (Fsp3) is 0.333. The van der Waals surface area contributed by atoms with E-state index in [0.29, 0.717) is 13.0 Å². The Balaban J connectivity index is 1.58. The van der Waals surface area contributed by atoms with Crippen molar-refractivity contribution in [3.05, 3.63) is 59.7 Å². The molecule has 0 aliphatic carbocycles. The lowest BCUT2D eigenvalue weighted by Gasteiger charge is -2.21. The number of carbonyl (C=O) groups excluding carboxylic acids is 1. The van der Waals surface area contributed by atoms with E-state index in [2.05, 4.69) is 10.3 Å². The number of anilines is 1. The number of guanidine groups is 1. The SMILES string of the molecule is CC(C)NC(=O)N1CCc2cc(S(=O)(=O)N3C[C@H](c4ccccc4)N=C3N)ccc21. The number of hydrogen-bond donors (Lipinski definition) is 2. The summed E-state index contributed by atoms with van der Waals surface area (Å²) in [6.07, 6.45) is 0.598. The lowest BCUT2D eigenvalue weighted by atomic mass is 10.1. The second-order valence-electron chi connectivity index (χ2n) is 7.75. The quantitative estimate of drug-likeness (QED) is 0.780. The summed E-state index contributed by atoms with van der Waals surface area (Å²) in [7, 11) is -3.85. The number of hydrogen-bond acceptors (Lipinski definition) is 5. The number of amides is 2. The smallest absolute Gasteiger partial charge is 0.322 e. The van der Waals surface area contributed by atoms with Gasteiger partial charge in [-0.25, -0.2) is 22.5 Å². The molecule has 0 radical (unpaired) electrons. The van der Waals surface area contributed by atoms with Gasteiger partial charge in [0.25, 0.3) is 10.0 Å². The van der Waals surface area contributed by atoms with Gasteiger partial charge in [0, 0.05) is 18.3 Å². The topological polar surface area (TPSA) is 108 Å². The molecule has 8 nitrogen and oxygen atoms in total. The summed E-state index contributed by atoms with van der Waals surface area (Å²) in [6.45, 7) is 4.48. The molecular weight excluding hydrogens is 402 g/mol. The summed E-state index contributed by atoms with van der Waals surface area (Å²) >= 11 is 0. The third-order valence-electron chi connectivity index (χ3n) is 5.26. The molecule has 30 heavy (non-hydrogen) atoms. The number of urea groups is 1. The first kappa shape index (κ1) is 20.2. The van der Waals surface area contributed by atoms with Gasteiger partial charge in [0.1, 0.15) is 0 Å². The van der Waals surface area contributed by atoms with Crippen LogP contribution in [0.5, 0.6) is 0 Å². The van der Waals surface area contributed by atoms with Gasteiger partial charge in [-0.05, 0) is 49.6 Å². The maximum absolute atomic E-state index is 13.3. The first-order valence-corrected chi connectivity index (χ1v) is 11.3. The van der Waals surface area contributed by atoms with E-state index in [-0.39, 0.29) is 35.5 Å². The van der Waals surface area contributed by atoms with Crippen LogP contribution in [0.4, 0.5) is 10.5 Å². The number of benzene rings is 2. The average Bonchev–Trinajstić information content (AvgIpc) is 3.31. The van der Waals surface area contributed by atoms with Crippen LogP contribution in [0.15, 0.2) is 58.4 Å². The largest absolute Gasteiger partial charge is 0.369 e. The van der Waals surface area contributed by atoms with Crippen LogP contribution < -0.4 is 16.0 Å². The lowest BCUT2D eigenvalue weighted by Crippen LogP contribution is -2.42. The molecule has 2 heterocycles. The van der Waals surface area contributed by atoms with Crippen molar-refractivity contribution in [2.45, 2.75) is 37.2 Å².